The summed E-state index contributed by atoms with van der Waals surface area (Å²) in [5.74, 6) is 1.47. The van der Waals surface area contributed by atoms with Crippen molar-refractivity contribution in [3.8, 4) is 0 Å². The summed E-state index contributed by atoms with van der Waals surface area (Å²) in [5.41, 5.74) is 0.981. The Hall–Kier alpha value is -1.41. The zero-order valence-corrected chi connectivity index (χ0v) is 12.3. The van der Waals surface area contributed by atoms with Crippen LogP contribution >= 0.6 is 0 Å². The van der Waals surface area contributed by atoms with Crippen molar-refractivity contribution in [1.82, 2.24) is 14.7 Å². The molecule has 0 atom stereocenters. The molecule has 0 saturated carbocycles. The number of hydrogen-bond donors (Lipinski definition) is 3. The van der Waals surface area contributed by atoms with Crippen LogP contribution in [0.25, 0.3) is 0 Å². The lowest BCUT2D eigenvalue weighted by Crippen LogP contribution is -2.26. The summed E-state index contributed by atoms with van der Waals surface area (Å²) in [6.07, 6.45) is 3.25. The quantitative estimate of drug-likeness (QED) is 0.642. The van der Waals surface area contributed by atoms with Gasteiger partial charge in [-0.05, 0) is 13.5 Å². The van der Waals surface area contributed by atoms with E-state index in [-0.39, 0.29) is 5.75 Å². The summed E-state index contributed by atoms with van der Waals surface area (Å²) in [7, 11) is 0.00473. The Morgan fingerprint density at radius 3 is 2.47 bits per heavy atom. The Morgan fingerprint density at radius 1 is 1.21 bits per heavy atom. The van der Waals surface area contributed by atoms with Crippen molar-refractivity contribution in [3.05, 3.63) is 11.9 Å². The smallest absolute Gasteiger partial charge is 0.213 e. The molecule has 0 amide bonds. The van der Waals surface area contributed by atoms with Gasteiger partial charge in [0.05, 0.1) is 5.75 Å². The van der Waals surface area contributed by atoms with E-state index in [2.05, 4.69) is 32.2 Å². The number of rotatable bonds is 8. The molecule has 0 saturated heterocycles. The molecule has 7 nitrogen and oxygen atoms in total. The average molecular weight is 287 g/mol. The number of aromatic nitrogens is 2. The number of anilines is 2. The number of nitrogens with zero attached hydrogens (tertiary/aromatic N) is 2. The minimum atomic E-state index is -3.20. The largest absolute Gasteiger partial charge is 0.373 e. The van der Waals surface area contributed by atoms with E-state index in [9.17, 15) is 8.42 Å². The minimum absolute atomic E-state index is 0.00789. The van der Waals surface area contributed by atoms with Crippen LogP contribution in [0.2, 0.25) is 0 Å². The minimum Gasteiger partial charge on any atom is -0.373 e. The molecule has 0 bridgehead atoms. The van der Waals surface area contributed by atoms with Gasteiger partial charge in [0.15, 0.2) is 0 Å². The highest BCUT2D eigenvalue weighted by molar-refractivity contribution is 7.89. The zero-order chi connectivity index (χ0) is 14.3. The number of nitrogens with one attached hydrogen (secondary N) is 3. The SMILES string of the molecule is CCCc1c(NC)ncnc1NCCS(=O)(=O)NC. The van der Waals surface area contributed by atoms with Gasteiger partial charge in [-0.25, -0.2) is 23.1 Å². The first kappa shape index (κ1) is 15.6. The Kier molecular flexibility index (Phi) is 5.97. The molecule has 0 aliphatic carbocycles. The van der Waals surface area contributed by atoms with E-state index in [1.165, 1.54) is 13.4 Å². The standard InChI is InChI=1S/C11H21N5O2S/c1-4-5-9-10(12-2)15-8-16-11(9)14-6-7-19(17,18)13-3/h8,13H,4-7H2,1-3H3,(H2,12,14,15,16). The highest BCUT2D eigenvalue weighted by Crippen LogP contribution is 2.20. The third-order valence-corrected chi connectivity index (χ3v) is 4.02. The van der Waals surface area contributed by atoms with Crippen LogP contribution in [0.1, 0.15) is 18.9 Å². The van der Waals surface area contributed by atoms with E-state index in [0.29, 0.717) is 12.4 Å². The summed E-state index contributed by atoms with van der Waals surface area (Å²) in [6, 6.07) is 0. The Bertz CT molecular complexity index is 504. The predicted molar refractivity (Wildman–Crippen MR) is 76.9 cm³/mol. The van der Waals surface area contributed by atoms with Crippen LogP contribution in [0.15, 0.2) is 6.33 Å². The van der Waals surface area contributed by atoms with Crippen LogP contribution in [-0.2, 0) is 16.4 Å². The normalized spacial score (nSPS) is 11.3. The fraction of sp³-hybridized carbons (Fsp3) is 0.636. The van der Waals surface area contributed by atoms with Crippen LogP contribution < -0.4 is 15.4 Å². The van der Waals surface area contributed by atoms with Crippen molar-refractivity contribution >= 4 is 21.7 Å². The highest BCUT2D eigenvalue weighted by atomic mass is 32.2. The molecule has 0 fully saturated rings. The Balaban J connectivity index is 2.77. The van der Waals surface area contributed by atoms with Gasteiger partial charge in [-0.3, -0.25) is 0 Å². The van der Waals surface area contributed by atoms with E-state index >= 15 is 0 Å². The van der Waals surface area contributed by atoms with Crippen LogP contribution in [0, 0.1) is 0 Å². The molecule has 1 aromatic heterocycles. The van der Waals surface area contributed by atoms with Gasteiger partial charge in [-0.1, -0.05) is 13.3 Å². The fourth-order valence-electron chi connectivity index (χ4n) is 1.67. The first-order valence-electron chi connectivity index (χ1n) is 6.20. The summed E-state index contributed by atoms with van der Waals surface area (Å²) in [4.78, 5) is 8.33. The molecule has 0 unspecified atom stereocenters. The topological polar surface area (TPSA) is 96.0 Å². The monoisotopic (exact) mass is 287 g/mol. The van der Waals surface area contributed by atoms with Gasteiger partial charge in [-0.15, -0.1) is 0 Å². The van der Waals surface area contributed by atoms with Crippen molar-refractivity contribution in [1.29, 1.82) is 0 Å². The first-order chi connectivity index (χ1) is 9.04. The molecule has 0 aromatic carbocycles. The van der Waals surface area contributed by atoms with Gasteiger partial charge >= 0.3 is 0 Å². The maximum atomic E-state index is 11.3. The number of sulfonamides is 1. The van der Waals surface area contributed by atoms with Crippen LogP contribution in [0.5, 0.6) is 0 Å². The lowest BCUT2D eigenvalue weighted by atomic mass is 10.1. The van der Waals surface area contributed by atoms with E-state index in [0.717, 1.165) is 24.2 Å². The average Bonchev–Trinajstić information content (AvgIpc) is 2.40. The van der Waals surface area contributed by atoms with E-state index in [1.54, 1.807) is 7.05 Å². The third-order valence-electron chi connectivity index (χ3n) is 2.66. The molecule has 0 radical (unpaired) electrons. The lowest BCUT2D eigenvalue weighted by Gasteiger charge is -2.13. The van der Waals surface area contributed by atoms with E-state index in [4.69, 9.17) is 0 Å². The molecule has 108 valence electrons. The third kappa shape index (κ3) is 4.64. The first-order valence-corrected chi connectivity index (χ1v) is 7.86. The fourth-order valence-corrected chi connectivity index (χ4v) is 2.25. The van der Waals surface area contributed by atoms with Crippen molar-refractivity contribution in [2.75, 3.05) is 37.0 Å². The van der Waals surface area contributed by atoms with Gasteiger partial charge < -0.3 is 10.6 Å². The summed E-state index contributed by atoms with van der Waals surface area (Å²) >= 11 is 0. The molecule has 0 aliphatic rings. The molecular formula is C11H21N5O2S. The predicted octanol–water partition coefficient (Wildman–Crippen LogP) is 0.432. The van der Waals surface area contributed by atoms with Crippen molar-refractivity contribution in [2.24, 2.45) is 0 Å². The van der Waals surface area contributed by atoms with Crippen molar-refractivity contribution in [3.63, 3.8) is 0 Å². The van der Waals surface area contributed by atoms with Gasteiger partial charge in [0.2, 0.25) is 10.0 Å². The molecule has 19 heavy (non-hydrogen) atoms. The van der Waals surface area contributed by atoms with Gasteiger partial charge in [0, 0.05) is 19.2 Å². The summed E-state index contributed by atoms with van der Waals surface area (Å²) in [6.45, 7) is 2.38. The van der Waals surface area contributed by atoms with Crippen molar-refractivity contribution < 1.29 is 8.42 Å². The highest BCUT2D eigenvalue weighted by Gasteiger charge is 2.11. The second-order valence-electron chi connectivity index (χ2n) is 4.00. The molecule has 0 spiro atoms. The molecule has 1 rings (SSSR count). The molecule has 1 aromatic rings. The van der Waals surface area contributed by atoms with Crippen LogP contribution in [-0.4, -0.2) is 44.8 Å². The molecule has 8 heteroatoms. The maximum Gasteiger partial charge on any atom is 0.213 e. The zero-order valence-electron chi connectivity index (χ0n) is 11.5. The summed E-state index contributed by atoms with van der Waals surface area (Å²) in [5, 5.41) is 6.07. The van der Waals surface area contributed by atoms with Crippen LogP contribution in [0.3, 0.4) is 0 Å². The van der Waals surface area contributed by atoms with E-state index in [1.807, 2.05) is 0 Å². The number of hydrogen-bond acceptors (Lipinski definition) is 6. The van der Waals surface area contributed by atoms with Gasteiger partial charge in [0.25, 0.3) is 0 Å². The molecule has 3 N–H and O–H groups in total. The van der Waals surface area contributed by atoms with Gasteiger partial charge in [0.1, 0.15) is 18.0 Å². The van der Waals surface area contributed by atoms with Crippen molar-refractivity contribution in [2.45, 2.75) is 19.8 Å². The molecule has 0 aliphatic heterocycles. The Labute approximate surface area is 114 Å². The summed E-state index contributed by atoms with van der Waals surface area (Å²) < 4.78 is 24.9. The molecular weight excluding hydrogens is 266 g/mol. The maximum absolute atomic E-state index is 11.3. The van der Waals surface area contributed by atoms with Gasteiger partial charge in [-0.2, -0.15) is 0 Å². The molecule has 1 heterocycles. The van der Waals surface area contributed by atoms with E-state index < -0.39 is 10.0 Å². The lowest BCUT2D eigenvalue weighted by molar-refractivity contribution is 0.588. The Morgan fingerprint density at radius 2 is 1.89 bits per heavy atom. The van der Waals surface area contributed by atoms with Crippen LogP contribution in [0.4, 0.5) is 11.6 Å². The second kappa shape index (κ2) is 7.25. The second-order valence-corrected chi connectivity index (χ2v) is 6.05.